The first-order chi connectivity index (χ1) is 10.1. The summed E-state index contributed by atoms with van der Waals surface area (Å²) in [6.45, 7) is 1.19. The zero-order valence-electron chi connectivity index (χ0n) is 11.6. The molecule has 1 heterocycles. The van der Waals surface area contributed by atoms with Gasteiger partial charge >= 0.3 is 5.97 Å². The molecule has 1 aliphatic heterocycles. The molecule has 1 amide bonds. The van der Waals surface area contributed by atoms with Gasteiger partial charge in [-0.2, -0.15) is 0 Å². The van der Waals surface area contributed by atoms with Gasteiger partial charge < -0.3 is 15.2 Å². The van der Waals surface area contributed by atoms with Gasteiger partial charge in [0.2, 0.25) is 0 Å². The summed E-state index contributed by atoms with van der Waals surface area (Å²) in [5, 5.41) is 0. The number of esters is 1. The van der Waals surface area contributed by atoms with Gasteiger partial charge in [-0.15, -0.1) is 23.5 Å². The molecule has 0 bridgehead atoms. The molecule has 0 aromatic heterocycles. The lowest BCUT2D eigenvalue weighted by Gasteiger charge is -2.15. The Hall–Kier alpha value is -1.34. The third-order valence-corrected chi connectivity index (χ3v) is 5.92. The van der Waals surface area contributed by atoms with Crippen LogP contribution in [0.5, 0.6) is 5.75 Å². The lowest BCUT2D eigenvalue weighted by atomic mass is 10.2. The van der Waals surface area contributed by atoms with Crippen molar-refractivity contribution in [3.8, 4) is 5.75 Å². The molecule has 0 aliphatic carbocycles. The highest BCUT2D eigenvalue weighted by Crippen LogP contribution is 2.48. The van der Waals surface area contributed by atoms with E-state index in [1.165, 1.54) is 6.92 Å². The number of thioether (sulfide) groups is 2. The van der Waals surface area contributed by atoms with Gasteiger partial charge in [-0.1, -0.05) is 18.2 Å². The minimum absolute atomic E-state index is 0.239. The largest absolute Gasteiger partial charge is 0.482 e. The summed E-state index contributed by atoms with van der Waals surface area (Å²) in [6.07, 6.45) is -0.947. The Bertz CT molecular complexity index is 517. The lowest BCUT2D eigenvalue weighted by molar-refractivity contribution is -0.155. The topological polar surface area (TPSA) is 78.6 Å². The van der Waals surface area contributed by atoms with Crippen LogP contribution in [0.3, 0.4) is 0 Å². The van der Waals surface area contributed by atoms with Crippen LogP contribution in [0, 0.1) is 0 Å². The van der Waals surface area contributed by atoms with Crippen LogP contribution >= 0.6 is 23.5 Å². The smallest absolute Gasteiger partial charge is 0.344 e. The predicted octanol–water partition coefficient (Wildman–Crippen LogP) is 1.96. The summed E-state index contributed by atoms with van der Waals surface area (Å²) >= 11 is 3.73. The Labute approximate surface area is 131 Å². The van der Waals surface area contributed by atoms with Crippen LogP contribution in [0.15, 0.2) is 24.3 Å². The maximum Gasteiger partial charge on any atom is 0.344 e. The highest BCUT2D eigenvalue weighted by atomic mass is 32.2. The number of benzene rings is 1. The second-order valence-electron chi connectivity index (χ2n) is 4.43. The van der Waals surface area contributed by atoms with E-state index in [1.54, 1.807) is 0 Å². The molecule has 1 fully saturated rings. The van der Waals surface area contributed by atoms with Gasteiger partial charge in [0, 0.05) is 17.1 Å². The number of primary amides is 1. The minimum Gasteiger partial charge on any atom is -0.482 e. The summed E-state index contributed by atoms with van der Waals surface area (Å²) < 4.78 is 10.7. The SMILES string of the molecule is C[C@@H](OC(=O)COc1ccccc1C1SCCS1)C(N)=O. The monoisotopic (exact) mass is 327 g/mol. The summed E-state index contributed by atoms with van der Waals surface area (Å²) in [4.78, 5) is 22.4. The van der Waals surface area contributed by atoms with Gasteiger partial charge in [0.1, 0.15) is 5.75 Å². The third-order valence-electron chi connectivity index (χ3n) is 2.85. The van der Waals surface area contributed by atoms with Gasteiger partial charge in [0.05, 0.1) is 4.58 Å². The highest BCUT2D eigenvalue weighted by Gasteiger charge is 2.22. The molecule has 2 rings (SSSR count). The molecule has 0 unspecified atom stereocenters. The Morgan fingerprint density at radius 3 is 2.67 bits per heavy atom. The van der Waals surface area contributed by atoms with Crippen LogP contribution in [0.1, 0.15) is 17.1 Å². The molecule has 0 spiro atoms. The quantitative estimate of drug-likeness (QED) is 0.805. The van der Waals surface area contributed by atoms with Crippen molar-refractivity contribution in [2.75, 3.05) is 18.1 Å². The normalized spacial score (nSPS) is 16.4. The van der Waals surface area contributed by atoms with E-state index in [-0.39, 0.29) is 6.61 Å². The van der Waals surface area contributed by atoms with Crippen molar-refractivity contribution in [1.29, 1.82) is 0 Å². The summed E-state index contributed by atoms with van der Waals surface area (Å²) in [5.41, 5.74) is 6.11. The molecule has 0 saturated carbocycles. The average Bonchev–Trinajstić information content (AvgIpc) is 2.99. The van der Waals surface area contributed by atoms with Crippen LogP contribution < -0.4 is 10.5 Å². The van der Waals surface area contributed by atoms with Crippen molar-refractivity contribution in [1.82, 2.24) is 0 Å². The van der Waals surface area contributed by atoms with Gasteiger partial charge in [0.25, 0.3) is 5.91 Å². The zero-order valence-corrected chi connectivity index (χ0v) is 13.2. The Balaban J connectivity index is 1.94. The minimum atomic E-state index is -0.947. The van der Waals surface area contributed by atoms with Crippen molar-refractivity contribution >= 4 is 35.4 Å². The number of ether oxygens (including phenoxy) is 2. The number of hydrogen-bond donors (Lipinski definition) is 1. The van der Waals surface area contributed by atoms with Crippen molar-refractivity contribution < 1.29 is 19.1 Å². The van der Waals surface area contributed by atoms with E-state index in [0.717, 1.165) is 17.1 Å². The molecule has 1 aliphatic rings. The molecular weight excluding hydrogens is 310 g/mol. The molecule has 7 heteroatoms. The van der Waals surface area contributed by atoms with Gasteiger partial charge in [-0.25, -0.2) is 4.79 Å². The van der Waals surface area contributed by atoms with E-state index < -0.39 is 18.0 Å². The number of carbonyl (C=O) groups excluding carboxylic acids is 2. The maximum absolute atomic E-state index is 11.6. The molecule has 1 atom stereocenters. The van der Waals surface area contributed by atoms with E-state index in [0.29, 0.717) is 10.3 Å². The van der Waals surface area contributed by atoms with Crippen LogP contribution in [0.2, 0.25) is 0 Å². The molecular formula is C14H17NO4S2. The third kappa shape index (κ3) is 4.57. The number of para-hydroxylation sites is 1. The van der Waals surface area contributed by atoms with Crippen molar-refractivity contribution in [2.45, 2.75) is 17.6 Å². The van der Waals surface area contributed by atoms with Gasteiger partial charge in [-0.05, 0) is 13.0 Å². The molecule has 1 aromatic rings. The fraction of sp³-hybridized carbons (Fsp3) is 0.429. The second-order valence-corrected chi connectivity index (χ2v) is 7.16. The number of amides is 1. The Morgan fingerprint density at radius 1 is 1.33 bits per heavy atom. The van der Waals surface area contributed by atoms with E-state index in [2.05, 4.69) is 0 Å². The van der Waals surface area contributed by atoms with E-state index >= 15 is 0 Å². The first-order valence-corrected chi connectivity index (χ1v) is 8.61. The first kappa shape index (κ1) is 16.0. The molecule has 2 N–H and O–H groups in total. The predicted molar refractivity (Wildman–Crippen MR) is 84.3 cm³/mol. The first-order valence-electron chi connectivity index (χ1n) is 6.51. The van der Waals surface area contributed by atoms with Gasteiger partial charge in [0.15, 0.2) is 12.7 Å². The summed E-state index contributed by atoms with van der Waals surface area (Å²) in [6, 6.07) is 7.65. The number of hydrogen-bond acceptors (Lipinski definition) is 6. The van der Waals surface area contributed by atoms with E-state index in [1.807, 2.05) is 47.8 Å². The van der Waals surface area contributed by atoms with Crippen molar-refractivity contribution in [3.05, 3.63) is 29.8 Å². The zero-order chi connectivity index (χ0) is 15.2. The molecule has 1 aromatic carbocycles. The highest BCUT2D eigenvalue weighted by molar-refractivity contribution is 8.19. The van der Waals surface area contributed by atoms with Crippen LogP contribution in [-0.4, -0.2) is 36.1 Å². The Morgan fingerprint density at radius 2 is 2.00 bits per heavy atom. The van der Waals surface area contributed by atoms with Crippen LogP contribution in [-0.2, 0) is 14.3 Å². The second kappa shape index (κ2) is 7.61. The van der Waals surface area contributed by atoms with Gasteiger partial charge in [-0.3, -0.25) is 4.79 Å². The number of rotatable bonds is 6. The van der Waals surface area contributed by atoms with Crippen molar-refractivity contribution in [3.63, 3.8) is 0 Å². The van der Waals surface area contributed by atoms with Crippen molar-refractivity contribution in [2.24, 2.45) is 5.73 Å². The van der Waals surface area contributed by atoms with Crippen LogP contribution in [0.25, 0.3) is 0 Å². The Kier molecular flexibility index (Phi) is 5.81. The fourth-order valence-electron chi connectivity index (χ4n) is 1.77. The molecule has 21 heavy (non-hydrogen) atoms. The average molecular weight is 327 g/mol. The summed E-state index contributed by atoms with van der Waals surface area (Å²) in [5.74, 6) is 1.61. The number of nitrogens with two attached hydrogens (primary N) is 1. The molecule has 5 nitrogen and oxygen atoms in total. The fourth-order valence-corrected chi connectivity index (χ4v) is 4.68. The standard InChI is InChI=1S/C14H17NO4S2/c1-9(13(15)17)19-12(16)8-18-11-5-3-2-4-10(11)14-20-6-7-21-14/h2-5,9,14H,6-8H2,1H3,(H2,15,17)/t9-/m1/s1. The molecule has 0 radical (unpaired) electrons. The van der Waals surface area contributed by atoms with E-state index in [4.69, 9.17) is 15.2 Å². The summed E-state index contributed by atoms with van der Waals surface area (Å²) in [7, 11) is 0. The molecule has 114 valence electrons. The lowest BCUT2D eigenvalue weighted by Crippen LogP contribution is -2.32. The molecule has 1 saturated heterocycles. The van der Waals surface area contributed by atoms with E-state index in [9.17, 15) is 9.59 Å². The number of carbonyl (C=O) groups is 2. The maximum atomic E-state index is 11.6. The van der Waals surface area contributed by atoms with Crippen LogP contribution in [0.4, 0.5) is 0 Å².